The quantitative estimate of drug-likeness (QED) is 0.603. The maximum atomic E-state index is 2.26. The molecule has 2 heteroatoms. The zero-order valence-corrected chi connectivity index (χ0v) is 9.69. The summed E-state index contributed by atoms with van der Waals surface area (Å²) in [5.41, 5.74) is 1.40. The van der Waals surface area contributed by atoms with Gasteiger partial charge in [0.1, 0.15) is 13.1 Å². The minimum absolute atomic E-state index is 0. The Hall–Kier alpha value is -1.05. The van der Waals surface area contributed by atoms with Crippen molar-refractivity contribution in [2.24, 2.45) is 0 Å². The number of hydrogen-bond acceptors (Lipinski definition) is 0. The Balaban J connectivity index is 0.00000112. The largest absolute Gasteiger partial charge is 1.00 e. The SMILES string of the molecule is C[N+]1(Cc2ccccc2)C=CC=CC1.[Cl-]. The van der Waals surface area contributed by atoms with Crippen LogP contribution in [0.3, 0.4) is 0 Å². The molecule has 0 aromatic heterocycles. The lowest BCUT2D eigenvalue weighted by atomic mass is 10.2. The summed E-state index contributed by atoms with van der Waals surface area (Å²) in [7, 11) is 2.26. The molecule has 1 aliphatic heterocycles. The van der Waals surface area contributed by atoms with Crippen LogP contribution in [-0.4, -0.2) is 18.1 Å². The van der Waals surface area contributed by atoms with Gasteiger partial charge in [0.05, 0.1) is 13.2 Å². The number of hydrogen-bond donors (Lipinski definition) is 0. The highest BCUT2D eigenvalue weighted by molar-refractivity contribution is 5.14. The number of likely N-dealkylation sites (N-methyl/N-ethyl adjacent to an activating group) is 1. The van der Waals surface area contributed by atoms with Gasteiger partial charge < -0.3 is 12.4 Å². The van der Waals surface area contributed by atoms with Crippen molar-refractivity contribution in [1.29, 1.82) is 0 Å². The second-order valence-corrected chi connectivity index (χ2v) is 4.08. The topological polar surface area (TPSA) is 0 Å². The standard InChI is InChI=1S/C13H16N.ClH/c1-14(10-6-3-7-11-14)12-13-8-4-2-5-9-13;/h2-10H,11-12H2,1H3;1H/q+1;/p-1. The first kappa shape index (κ1) is 12.0. The summed E-state index contributed by atoms with van der Waals surface area (Å²) < 4.78 is 0.973. The first-order valence-electron chi connectivity index (χ1n) is 5.01. The van der Waals surface area contributed by atoms with E-state index in [0.717, 1.165) is 17.6 Å². The second kappa shape index (κ2) is 5.15. The molecule has 1 aliphatic rings. The lowest BCUT2D eigenvalue weighted by Gasteiger charge is -2.30. The summed E-state index contributed by atoms with van der Waals surface area (Å²) in [4.78, 5) is 0. The highest BCUT2D eigenvalue weighted by atomic mass is 35.5. The molecule has 0 aliphatic carbocycles. The van der Waals surface area contributed by atoms with Gasteiger partial charge in [-0.2, -0.15) is 0 Å². The normalized spacial score (nSPS) is 23.5. The number of quaternary nitrogens is 1. The summed E-state index contributed by atoms with van der Waals surface area (Å²) in [6.45, 7) is 2.16. The molecule has 0 bridgehead atoms. The first-order chi connectivity index (χ1) is 6.79. The zero-order valence-electron chi connectivity index (χ0n) is 8.94. The van der Waals surface area contributed by atoms with Gasteiger partial charge in [-0.15, -0.1) is 0 Å². The molecule has 0 spiro atoms. The molecule has 15 heavy (non-hydrogen) atoms. The third-order valence-corrected chi connectivity index (χ3v) is 2.60. The average Bonchev–Trinajstić information content (AvgIpc) is 2.19. The van der Waals surface area contributed by atoms with Crippen molar-refractivity contribution in [3.8, 4) is 0 Å². The van der Waals surface area contributed by atoms with Crippen molar-refractivity contribution in [1.82, 2.24) is 0 Å². The van der Waals surface area contributed by atoms with Crippen LogP contribution in [0, 0.1) is 0 Å². The number of allylic oxidation sites excluding steroid dienone is 2. The van der Waals surface area contributed by atoms with Gasteiger partial charge in [0.2, 0.25) is 0 Å². The Labute approximate surface area is 97.7 Å². The summed E-state index contributed by atoms with van der Waals surface area (Å²) in [6.07, 6.45) is 8.73. The van der Waals surface area contributed by atoms with Crippen LogP contribution < -0.4 is 12.4 Å². The van der Waals surface area contributed by atoms with Gasteiger partial charge in [-0.05, 0) is 12.2 Å². The van der Waals surface area contributed by atoms with Crippen molar-refractivity contribution in [2.75, 3.05) is 13.6 Å². The van der Waals surface area contributed by atoms with Gasteiger partial charge >= 0.3 is 0 Å². The Bertz CT molecular complexity index is 356. The zero-order chi connectivity index (χ0) is 9.86. The van der Waals surface area contributed by atoms with Crippen molar-refractivity contribution in [3.05, 3.63) is 60.3 Å². The average molecular weight is 222 g/mol. The predicted molar refractivity (Wildman–Crippen MR) is 59.5 cm³/mol. The smallest absolute Gasteiger partial charge is 0.109 e. The van der Waals surface area contributed by atoms with Crippen molar-refractivity contribution in [3.63, 3.8) is 0 Å². The first-order valence-corrected chi connectivity index (χ1v) is 5.01. The van der Waals surface area contributed by atoms with Gasteiger partial charge in [0.25, 0.3) is 0 Å². The lowest BCUT2D eigenvalue weighted by molar-refractivity contribution is -0.867. The molecule has 2 rings (SSSR count). The molecule has 1 nitrogen and oxygen atoms in total. The van der Waals surface area contributed by atoms with E-state index in [4.69, 9.17) is 0 Å². The molecule has 1 atom stereocenters. The Morgan fingerprint density at radius 3 is 2.47 bits per heavy atom. The molecule has 0 saturated carbocycles. The van der Waals surface area contributed by atoms with Crippen molar-refractivity contribution in [2.45, 2.75) is 6.54 Å². The Kier molecular flexibility index (Phi) is 4.13. The molecule has 0 saturated heterocycles. The van der Waals surface area contributed by atoms with Gasteiger partial charge in [-0.3, -0.25) is 4.48 Å². The van der Waals surface area contributed by atoms with Gasteiger partial charge in [-0.25, -0.2) is 0 Å². The summed E-state index contributed by atoms with van der Waals surface area (Å²) in [5.74, 6) is 0. The van der Waals surface area contributed by atoms with E-state index in [1.807, 2.05) is 0 Å². The van der Waals surface area contributed by atoms with E-state index in [1.165, 1.54) is 5.56 Å². The van der Waals surface area contributed by atoms with Crippen LogP contribution in [-0.2, 0) is 6.54 Å². The molecule has 80 valence electrons. The molecule has 0 N–H and O–H groups in total. The molecular formula is C13H16ClN. The third kappa shape index (κ3) is 3.22. The van der Waals surface area contributed by atoms with E-state index in [9.17, 15) is 0 Å². The molecule has 0 fully saturated rings. The fraction of sp³-hybridized carbons (Fsp3) is 0.231. The minimum Gasteiger partial charge on any atom is -1.00 e. The van der Waals surface area contributed by atoms with Crippen molar-refractivity contribution >= 4 is 0 Å². The Morgan fingerprint density at radius 2 is 1.87 bits per heavy atom. The van der Waals surface area contributed by atoms with Crippen LogP contribution in [0.1, 0.15) is 5.56 Å². The molecule has 1 aromatic carbocycles. The molecule has 1 unspecified atom stereocenters. The molecular weight excluding hydrogens is 206 g/mol. The number of halogens is 1. The van der Waals surface area contributed by atoms with Crippen LogP contribution in [0.15, 0.2) is 54.8 Å². The van der Waals surface area contributed by atoms with Crippen LogP contribution in [0.5, 0.6) is 0 Å². The Morgan fingerprint density at radius 1 is 1.13 bits per heavy atom. The number of rotatable bonds is 2. The highest BCUT2D eigenvalue weighted by Crippen LogP contribution is 2.15. The van der Waals surface area contributed by atoms with Gasteiger partial charge in [-0.1, -0.05) is 36.4 Å². The van der Waals surface area contributed by atoms with Gasteiger partial charge in [0.15, 0.2) is 0 Å². The molecule has 0 radical (unpaired) electrons. The molecule has 0 amide bonds. The molecule has 1 heterocycles. The van der Waals surface area contributed by atoms with Crippen molar-refractivity contribution < 1.29 is 16.9 Å². The monoisotopic (exact) mass is 221 g/mol. The van der Waals surface area contributed by atoms with E-state index < -0.39 is 0 Å². The van der Waals surface area contributed by atoms with Crippen LogP contribution in [0.2, 0.25) is 0 Å². The minimum atomic E-state index is 0. The van der Waals surface area contributed by atoms with E-state index in [-0.39, 0.29) is 12.4 Å². The van der Waals surface area contributed by atoms with E-state index in [1.54, 1.807) is 0 Å². The maximum Gasteiger partial charge on any atom is 0.109 e. The molecule has 1 aromatic rings. The second-order valence-electron chi connectivity index (χ2n) is 4.08. The van der Waals surface area contributed by atoms with Crippen LogP contribution >= 0.6 is 0 Å². The predicted octanol–water partition coefficient (Wildman–Crippen LogP) is -0.279. The summed E-state index contributed by atoms with van der Waals surface area (Å²) in [6, 6.07) is 10.6. The highest BCUT2D eigenvalue weighted by Gasteiger charge is 2.18. The lowest BCUT2D eigenvalue weighted by Crippen LogP contribution is -3.00. The summed E-state index contributed by atoms with van der Waals surface area (Å²) in [5, 5.41) is 0. The third-order valence-electron chi connectivity index (χ3n) is 2.60. The van der Waals surface area contributed by atoms with Gasteiger partial charge in [0, 0.05) is 5.56 Å². The maximum absolute atomic E-state index is 2.26. The van der Waals surface area contributed by atoms with Crippen LogP contribution in [0.4, 0.5) is 0 Å². The summed E-state index contributed by atoms with van der Waals surface area (Å²) >= 11 is 0. The fourth-order valence-electron chi connectivity index (χ4n) is 1.82. The number of benzene rings is 1. The van der Waals surface area contributed by atoms with E-state index in [2.05, 4.69) is 61.8 Å². The number of nitrogens with zero attached hydrogens (tertiary/aromatic N) is 1. The van der Waals surface area contributed by atoms with E-state index in [0.29, 0.717) is 0 Å². The fourth-order valence-corrected chi connectivity index (χ4v) is 1.82. The van der Waals surface area contributed by atoms with E-state index >= 15 is 0 Å². The van der Waals surface area contributed by atoms with Crippen LogP contribution in [0.25, 0.3) is 0 Å².